The molecule has 3 rings (SSSR count). The van der Waals surface area contributed by atoms with Crippen molar-refractivity contribution in [3.05, 3.63) is 58.1 Å². The average molecular weight is 376 g/mol. The Labute approximate surface area is 143 Å². The minimum absolute atomic E-state index is 0.0166. The van der Waals surface area contributed by atoms with E-state index < -0.39 is 0 Å². The summed E-state index contributed by atoms with van der Waals surface area (Å²) in [6.07, 6.45) is 0.317. The lowest BCUT2D eigenvalue weighted by molar-refractivity contribution is -0.121. The molecule has 1 aliphatic rings. The SMILES string of the molecule is C[C@@H](NC(=O)Cc1ccc2c(c1)OCCO2)c1ccc(Br)cc1. The lowest BCUT2D eigenvalue weighted by Gasteiger charge is -2.19. The Morgan fingerprint density at radius 1 is 1.13 bits per heavy atom. The number of rotatable bonds is 4. The molecular weight excluding hydrogens is 358 g/mol. The van der Waals surface area contributed by atoms with Crippen molar-refractivity contribution in [2.24, 2.45) is 0 Å². The number of carbonyl (C=O) groups excluding carboxylic acids is 1. The average Bonchev–Trinajstić information content (AvgIpc) is 2.55. The highest BCUT2D eigenvalue weighted by Crippen LogP contribution is 2.30. The fourth-order valence-corrected chi connectivity index (χ4v) is 2.77. The number of nitrogens with one attached hydrogen (secondary N) is 1. The van der Waals surface area contributed by atoms with Gasteiger partial charge in [0.1, 0.15) is 13.2 Å². The van der Waals surface area contributed by atoms with Crippen molar-refractivity contribution in [1.82, 2.24) is 5.32 Å². The molecular formula is C18H18BrNO3. The van der Waals surface area contributed by atoms with Gasteiger partial charge in [0.15, 0.2) is 11.5 Å². The summed E-state index contributed by atoms with van der Waals surface area (Å²) in [6, 6.07) is 13.5. The summed E-state index contributed by atoms with van der Waals surface area (Å²) in [5, 5.41) is 3.02. The summed E-state index contributed by atoms with van der Waals surface area (Å²) in [7, 11) is 0. The van der Waals surface area contributed by atoms with Crippen LogP contribution in [0.15, 0.2) is 46.9 Å². The lowest BCUT2D eigenvalue weighted by Crippen LogP contribution is -2.28. The second kappa shape index (κ2) is 7.04. The molecule has 0 saturated heterocycles. The van der Waals surface area contributed by atoms with Gasteiger partial charge in [-0.05, 0) is 42.3 Å². The highest BCUT2D eigenvalue weighted by molar-refractivity contribution is 9.10. The molecule has 1 heterocycles. The van der Waals surface area contributed by atoms with E-state index in [1.54, 1.807) is 0 Å². The van der Waals surface area contributed by atoms with Crippen molar-refractivity contribution >= 4 is 21.8 Å². The molecule has 0 spiro atoms. The van der Waals surface area contributed by atoms with E-state index in [1.807, 2.05) is 49.4 Å². The third-order valence-corrected chi connectivity index (χ3v) is 4.25. The van der Waals surface area contributed by atoms with Gasteiger partial charge in [0.05, 0.1) is 12.5 Å². The van der Waals surface area contributed by atoms with Crippen LogP contribution in [0.2, 0.25) is 0 Å². The van der Waals surface area contributed by atoms with Crippen LogP contribution in [0, 0.1) is 0 Å². The van der Waals surface area contributed by atoms with E-state index >= 15 is 0 Å². The maximum absolute atomic E-state index is 12.2. The number of halogens is 1. The highest BCUT2D eigenvalue weighted by Gasteiger charge is 2.14. The number of amides is 1. The molecule has 1 N–H and O–H groups in total. The van der Waals surface area contributed by atoms with E-state index in [-0.39, 0.29) is 11.9 Å². The summed E-state index contributed by atoms with van der Waals surface area (Å²) in [4.78, 5) is 12.2. The number of carbonyl (C=O) groups is 1. The minimum Gasteiger partial charge on any atom is -0.486 e. The summed E-state index contributed by atoms with van der Waals surface area (Å²) in [5.74, 6) is 1.43. The van der Waals surface area contributed by atoms with Gasteiger partial charge in [0.2, 0.25) is 5.91 Å². The van der Waals surface area contributed by atoms with Crippen LogP contribution in [0.25, 0.3) is 0 Å². The van der Waals surface area contributed by atoms with Crippen LogP contribution in [0.1, 0.15) is 24.1 Å². The van der Waals surface area contributed by atoms with Crippen molar-refractivity contribution in [3.63, 3.8) is 0 Å². The van der Waals surface area contributed by atoms with Crippen molar-refractivity contribution in [2.75, 3.05) is 13.2 Å². The van der Waals surface area contributed by atoms with Crippen LogP contribution in [0.5, 0.6) is 11.5 Å². The second-order valence-electron chi connectivity index (χ2n) is 5.50. The molecule has 0 aliphatic carbocycles. The third kappa shape index (κ3) is 4.05. The minimum atomic E-state index is -0.0344. The maximum Gasteiger partial charge on any atom is 0.224 e. The van der Waals surface area contributed by atoms with Gasteiger partial charge < -0.3 is 14.8 Å². The zero-order valence-electron chi connectivity index (χ0n) is 12.8. The summed E-state index contributed by atoms with van der Waals surface area (Å²) in [5.41, 5.74) is 1.98. The maximum atomic E-state index is 12.2. The molecule has 5 heteroatoms. The first kappa shape index (κ1) is 15.9. The first-order chi connectivity index (χ1) is 11.1. The number of hydrogen-bond donors (Lipinski definition) is 1. The molecule has 23 heavy (non-hydrogen) atoms. The van der Waals surface area contributed by atoms with Gasteiger partial charge in [-0.15, -0.1) is 0 Å². The molecule has 1 atom stereocenters. The normalized spacial score (nSPS) is 14.2. The Bertz CT molecular complexity index is 700. The standard InChI is InChI=1S/C18H18BrNO3/c1-12(14-3-5-15(19)6-4-14)20-18(21)11-13-2-7-16-17(10-13)23-9-8-22-16/h2-7,10,12H,8-9,11H2,1H3,(H,20,21)/t12-/m1/s1. The van der Waals surface area contributed by atoms with Gasteiger partial charge in [0.25, 0.3) is 0 Å². The van der Waals surface area contributed by atoms with Gasteiger partial charge in [-0.1, -0.05) is 34.1 Å². The van der Waals surface area contributed by atoms with Crippen molar-refractivity contribution in [3.8, 4) is 11.5 Å². The molecule has 0 saturated carbocycles. The fourth-order valence-electron chi connectivity index (χ4n) is 2.51. The van der Waals surface area contributed by atoms with Crippen molar-refractivity contribution < 1.29 is 14.3 Å². The van der Waals surface area contributed by atoms with Crippen molar-refractivity contribution in [1.29, 1.82) is 0 Å². The molecule has 0 fully saturated rings. The fraction of sp³-hybridized carbons (Fsp3) is 0.278. The van der Waals surface area contributed by atoms with Crippen LogP contribution in [-0.2, 0) is 11.2 Å². The van der Waals surface area contributed by atoms with Crippen LogP contribution < -0.4 is 14.8 Å². The molecule has 0 radical (unpaired) electrons. The number of benzene rings is 2. The van der Waals surface area contributed by atoms with E-state index in [0.29, 0.717) is 25.4 Å². The first-order valence-corrected chi connectivity index (χ1v) is 8.34. The zero-order chi connectivity index (χ0) is 16.2. The molecule has 0 unspecified atom stereocenters. The Morgan fingerprint density at radius 3 is 2.57 bits per heavy atom. The Morgan fingerprint density at radius 2 is 1.83 bits per heavy atom. The quantitative estimate of drug-likeness (QED) is 0.887. The van der Waals surface area contributed by atoms with Crippen LogP contribution in [0.4, 0.5) is 0 Å². The smallest absolute Gasteiger partial charge is 0.224 e. The monoisotopic (exact) mass is 375 g/mol. The van der Waals surface area contributed by atoms with E-state index in [2.05, 4.69) is 21.2 Å². The number of hydrogen-bond acceptors (Lipinski definition) is 3. The van der Waals surface area contributed by atoms with E-state index in [0.717, 1.165) is 21.3 Å². The van der Waals surface area contributed by atoms with Gasteiger partial charge in [-0.2, -0.15) is 0 Å². The van der Waals surface area contributed by atoms with Gasteiger partial charge in [-0.3, -0.25) is 4.79 Å². The van der Waals surface area contributed by atoms with E-state index in [9.17, 15) is 4.79 Å². The van der Waals surface area contributed by atoms with E-state index in [1.165, 1.54) is 0 Å². The summed E-state index contributed by atoms with van der Waals surface area (Å²) in [6.45, 7) is 3.09. The molecule has 4 nitrogen and oxygen atoms in total. The molecule has 120 valence electrons. The first-order valence-electron chi connectivity index (χ1n) is 7.55. The van der Waals surface area contributed by atoms with Crippen LogP contribution >= 0.6 is 15.9 Å². The molecule has 2 aromatic carbocycles. The topological polar surface area (TPSA) is 47.6 Å². The predicted octanol–water partition coefficient (Wildman–Crippen LogP) is 3.64. The number of fused-ring (bicyclic) bond motifs is 1. The van der Waals surface area contributed by atoms with Gasteiger partial charge in [0, 0.05) is 4.47 Å². The Balaban J connectivity index is 1.61. The molecule has 1 aliphatic heterocycles. The van der Waals surface area contributed by atoms with Gasteiger partial charge in [-0.25, -0.2) is 0 Å². The molecule has 0 bridgehead atoms. The number of ether oxygens (including phenoxy) is 2. The molecule has 2 aromatic rings. The van der Waals surface area contributed by atoms with Gasteiger partial charge >= 0.3 is 0 Å². The lowest BCUT2D eigenvalue weighted by atomic mass is 10.1. The highest BCUT2D eigenvalue weighted by atomic mass is 79.9. The summed E-state index contributed by atoms with van der Waals surface area (Å²) >= 11 is 3.41. The van der Waals surface area contributed by atoms with E-state index in [4.69, 9.17) is 9.47 Å². The van der Waals surface area contributed by atoms with Crippen LogP contribution in [-0.4, -0.2) is 19.1 Å². The molecule has 0 aromatic heterocycles. The Hall–Kier alpha value is -2.01. The second-order valence-corrected chi connectivity index (χ2v) is 6.41. The van der Waals surface area contributed by atoms with Crippen molar-refractivity contribution in [2.45, 2.75) is 19.4 Å². The van der Waals surface area contributed by atoms with Crippen LogP contribution in [0.3, 0.4) is 0 Å². The Kier molecular flexibility index (Phi) is 4.86. The largest absolute Gasteiger partial charge is 0.486 e. The summed E-state index contributed by atoms with van der Waals surface area (Å²) < 4.78 is 12.1. The predicted molar refractivity (Wildman–Crippen MR) is 91.8 cm³/mol. The zero-order valence-corrected chi connectivity index (χ0v) is 14.4. The third-order valence-electron chi connectivity index (χ3n) is 3.72. The molecule has 1 amide bonds.